The topological polar surface area (TPSA) is 44.4 Å². The summed E-state index contributed by atoms with van der Waals surface area (Å²) in [6.07, 6.45) is 3.52. The van der Waals surface area contributed by atoms with Gasteiger partial charge in [-0.15, -0.1) is 0 Å². The molecule has 0 radical (unpaired) electrons. The van der Waals surface area contributed by atoms with Gasteiger partial charge in [0.2, 0.25) is 5.91 Å². The first kappa shape index (κ1) is 15.4. The van der Waals surface area contributed by atoms with Crippen LogP contribution in [0.5, 0.6) is 0 Å². The normalized spacial score (nSPS) is 24.6. The van der Waals surface area contributed by atoms with Crippen molar-refractivity contribution in [2.75, 3.05) is 26.7 Å². The van der Waals surface area contributed by atoms with Crippen LogP contribution in [-0.2, 0) is 4.79 Å². The van der Waals surface area contributed by atoms with Crippen LogP contribution in [0.25, 0.3) is 0 Å². The Kier molecular flexibility index (Phi) is 6.65. The van der Waals surface area contributed by atoms with E-state index in [-0.39, 0.29) is 11.9 Å². The molecule has 0 aromatic rings. The van der Waals surface area contributed by atoms with Gasteiger partial charge >= 0.3 is 0 Å². The van der Waals surface area contributed by atoms with Crippen LogP contribution in [-0.4, -0.2) is 49.6 Å². The van der Waals surface area contributed by atoms with Gasteiger partial charge in [0.05, 0.1) is 6.04 Å². The number of carbonyl (C=O) groups is 1. The monoisotopic (exact) mass is 255 g/mol. The number of likely N-dealkylation sites (tertiary alicyclic amines) is 1. The van der Waals surface area contributed by atoms with Gasteiger partial charge in [-0.2, -0.15) is 0 Å². The van der Waals surface area contributed by atoms with Gasteiger partial charge in [0.15, 0.2) is 0 Å². The molecule has 1 aliphatic rings. The third kappa shape index (κ3) is 4.94. The molecule has 18 heavy (non-hydrogen) atoms. The summed E-state index contributed by atoms with van der Waals surface area (Å²) >= 11 is 0. The molecule has 0 aliphatic carbocycles. The van der Waals surface area contributed by atoms with Crippen molar-refractivity contribution in [2.45, 2.75) is 52.1 Å². The highest BCUT2D eigenvalue weighted by molar-refractivity contribution is 5.81. The predicted octanol–water partition coefficient (Wildman–Crippen LogP) is 1.22. The number of rotatable bonds is 6. The Hall–Kier alpha value is -0.610. The number of hydrogen-bond acceptors (Lipinski definition) is 3. The number of amides is 1. The minimum absolute atomic E-state index is 0.0983. The Morgan fingerprint density at radius 1 is 1.44 bits per heavy atom. The molecular formula is C14H29N3O. The van der Waals surface area contributed by atoms with Crippen molar-refractivity contribution in [2.24, 2.45) is 5.92 Å². The maximum Gasteiger partial charge on any atom is 0.236 e. The van der Waals surface area contributed by atoms with Crippen molar-refractivity contribution < 1.29 is 4.79 Å². The van der Waals surface area contributed by atoms with E-state index in [1.165, 1.54) is 19.4 Å². The molecule has 1 fully saturated rings. The molecular weight excluding hydrogens is 226 g/mol. The molecule has 1 saturated heterocycles. The molecule has 0 aromatic heterocycles. The van der Waals surface area contributed by atoms with Gasteiger partial charge in [0.1, 0.15) is 0 Å². The van der Waals surface area contributed by atoms with E-state index >= 15 is 0 Å². The fourth-order valence-electron chi connectivity index (χ4n) is 2.62. The van der Waals surface area contributed by atoms with E-state index in [1.54, 1.807) is 0 Å². The molecule has 3 atom stereocenters. The van der Waals surface area contributed by atoms with Crippen LogP contribution in [0, 0.1) is 5.92 Å². The van der Waals surface area contributed by atoms with Crippen LogP contribution in [0.2, 0.25) is 0 Å². The summed E-state index contributed by atoms with van der Waals surface area (Å²) in [6.45, 7) is 9.33. The highest BCUT2D eigenvalue weighted by Gasteiger charge is 2.25. The molecule has 106 valence electrons. The van der Waals surface area contributed by atoms with Crippen molar-refractivity contribution in [3.05, 3.63) is 0 Å². The van der Waals surface area contributed by atoms with Crippen LogP contribution in [0.1, 0.15) is 40.0 Å². The quantitative estimate of drug-likeness (QED) is 0.750. The molecule has 3 unspecified atom stereocenters. The van der Waals surface area contributed by atoms with E-state index in [2.05, 4.69) is 36.4 Å². The van der Waals surface area contributed by atoms with Crippen molar-refractivity contribution in [3.63, 3.8) is 0 Å². The minimum Gasteiger partial charge on any atom is -0.355 e. The van der Waals surface area contributed by atoms with Crippen LogP contribution in [0.15, 0.2) is 0 Å². The van der Waals surface area contributed by atoms with Crippen molar-refractivity contribution in [3.8, 4) is 0 Å². The zero-order valence-electron chi connectivity index (χ0n) is 12.3. The van der Waals surface area contributed by atoms with Gasteiger partial charge in [-0.05, 0) is 52.6 Å². The maximum atomic E-state index is 11.8. The Labute approximate surface area is 111 Å². The second-order valence-electron chi connectivity index (χ2n) is 5.63. The van der Waals surface area contributed by atoms with Crippen molar-refractivity contribution in [1.82, 2.24) is 15.5 Å². The molecule has 4 heteroatoms. The summed E-state index contributed by atoms with van der Waals surface area (Å²) in [5, 5.41) is 6.38. The van der Waals surface area contributed by atoms with Crippen LogP contribution >= 0.6 is 0 Å². The second kappa shape index (κ2) is 7.74. The lowest BCUT2D eigenvalue weighted by Gasteiger charge is -2.35. The molecule has 1 amide bonds. The van der Waals surface area contributed by atoms with Gasteiger partial charge in [-0.25, -0.2) is 0 Å². The largest absolute Gasteiger partial charge is 0.355 e. The first-order chi connectivity index (χ1) is 8.54. The van der Waals surface area contributed by atoms with Gasteiger partial charge in [-0.1, -0.05) is 6.92 Å². The summed E-state index contributed by atoms with van der Waals surface area (Å²) in [7, 11) is 2.18. The average molecular weight is 255 g/mol. The zero-order valence-corrected chi connectivity index (χ0v) is 12.3. The van der Waals surface area contributed by atoms with E-state index in [0.717, 1.165) is 19.5 Å². The van der Waals surface area contributed by atoms with Crippen LogP contribution < -0.4 is 10.6 Å². The highest BCUT2D eigenvalue weighted by atomic mass is 16.2. The third-order valence-corrected chi connectivity index (χ3v) is 3.82. The highest BCUT2D eigenvalue weighted by Crippen LogP contribution is 2.18. The lowest BCUT2D eigenvalue weighted by atomic mass is 9.91. The Bertz CT molecular complexity index is 257. The molecule has 1 heterocycles. The SMILES string of the molecule is CCCNC(=O)C(C)NC(C)C1CCCN(C)C1. The molecule has 0 saturated carbocycles. The lowest BCUT2D eigenvalue weighted by Crippen LogP contribution is -2.50. The summed E-state index contributed by atoms with van der Waals surface area (Å²) in [5.74, 6) is 0.776. The number of carbonyl (C=O) groups excluding carboxylic acids is 1. The first-order valence-corrected chi connectivity index (χ1v) is 7.27. The lowest BCUT2D eigenvalue weighted by molar-refractivity contribution is -0.123. The van der Waals surface area contributed by atoms with Gasteiger partial charge in [0, 0.05) is 19.1 Å². The first-order valence-electron chi connectivity index (χ1n) is 7.27. The van der Waals surface area contributed by atoms with E-state index in [9.17, 15) is 4.79 Å². The van der Waals surface area contributed by atoms with Crippen molar-refractivity contribution >= 4 is 5.91 Å². The Morgan fingerprint density at radius 2 is 2.17 bits per heavy atom. The molecule has 2 N–H and O–H groups in total. The standard InChI is InChI=1S/C14H29N3O/c1-5-8-15-14(18)12(3)16-11(2)13-7-6-9-17(4)10-13/h11-13,16H,5-10H2,1-4H3,(H,15,18). The number of nitrogens with one attached hydrogen (secondary N) is 2. The number of piperidine rings is 1. The Morgan fingerprint density at radius 3 is 2.78 bits per heavy atom. The molecule has 1 aliphatic heterocycles. The predicted molar refractivity (Wildman–Crippen MR) is 75.6 cm³/mol. The molecule has 0 spiro atoms. The smallest absolute Gasteiger partial charge is 0.236 e. The summed E-state index contributed by atoms with van der Waals surface area (Å²) in [5.41, 5.74) is 0. The average Bonchev–Trinajstić information content (AvgIpc) is 2.35. The molecule has 0 bridgehead atoms. The molecule has 1 rings (SSSR count). The molecule has 0 aromatic carbocycles. The van der Waals surface area contributed by atoms with E-state index in [0.29, 0.717) is 12.0 Å². The summed E-state index contributed by atoms with van der Waals surface area (Å²) < 4.78 is 0. The summed E-state index contributed by atoms with van der Waals surface area (Å²) in [4.78, 5) is 14.2. The molecule has 4 nitrogen and oxygen atoms in total. The van der Waals surface area contributed by atoms with E-state index < -0.39 is 0 Å². The van der Waals surface area contributed by atoms with Crippen LogP contribution in [0.4, 0.5) is 0 Å². The Balaban J connectivity index is 2.33. The number of nitrogens with zero attached hydrogens (tertiary/aromatic N) is 1. The number of hydrogen-bond donors (Lipinski definition) is 2. The third-order valence-electron chi connectivity index (χ3n) is 3.82. The fraction of sp³-hybridized carbons (Fsp3) is 0.929. The fourth-order valence-corrected chi connectivity index (χ4v) is 2.62. The van der Waals surface area contributed by atoms with Gasteiger partial charge in [-0.3, -0.25) is 4.79 Å². The minimum atomic E-state index is -0.0983. The zero-order chi connectivity index (χ0) is 13.5. The van der Waals surface area contributed by atoms with Gasteiger partial charge < -0.3 is 15.5 Å². The second-order valence-corrected chi connectivity index (χ2v) is 5.63. The van der Waals surface area contributed by atoms with E-state index in [4.69, 9.17) is 0 Å². The summed E-state index contributed by atoms with van der Waals surface area (Å²) in [6, 6.07) is 0.300. The van der Waals surface area contributed by atoms with E-state index in [1.807, 2.05) is 6.92 Å². The van der Waals surface area contributed by atoms with Gasteiger partial charge in [0.25, 0.3) is 0 Å². The van der Waals surface area contributed by atoms with Crippen molar-refractivity contribution in [1.29, 1.82) is 0 Å². The van der Waals surface area contributed by atoms with Crippen LogP contribution in [0.3, 0.4) is 0 Å². The maximum absolute atomic E-state index is 11.8.